The summed E-state index contributed by atoms with van der Waals surface area (Å²) >= 11 is 0. The maximum Gasteiger partial charge on any atom is 0.260 e. The second kappa shape index (κ2) is 6.81. The fourth-order valence-corrected chi connectivity index (χ4v) is 3.32. The van der Waals surface area contributed by atoms with Crippen molar-refractivity contribution in [3.63, 3.8) is 0 Å². The van der Waals surface area contributed by atoms with E-state index in [9.17, 15) is 0 Å². The van der Waals surface area contributed by atoms with E-state index in [0.717, 1.165) is 24.5 Å². The molecule has 24 heavy (non-hydrogen) atoms. The molecule has 128 valence electrons. The number of hydrogen-bond acceptors (Lipinski definition) is 6. The Morgan fingerprint density at radius 3 is 2.92 bits per heavy atom. The van der Waals surface area contributed by atoms with Crippen molar-refractivity contribution < 1.29 is 18.6 Å². The quantitative estimate of drug-likeness (QED) is 0.852. The molecule has 1 aliphatic heterocycles. The maximum atomic E-state index is 5.93. The zero-order valence-corrected chi connectivity index (χ0v) is 13.8. The minimum atomic E-state index is -0.379. The Bertz CT molecular complexity index is 687. The lowest BCUT2D eigenvalue weighted by molar-refractivity contribution is -0.00637. The molecule has 1 saturated carbocycles. The molecule has 0 radical (unpaired) electrons. The fourth-order valence-electron chi connectivity index (χ4n) is 3.32. The van der Waals surface area contributed by atoms with E-state index in [1.54, 1.807) is 0 Å². The third-order valence-electron chi connectivity index (χ3n) is 4.60. The number of rotatable bonds is 4. The van der Waals surface area contributed by atoms with E-state index >= 15 is 0 Å². The third kappa shape index (κ3) is 3.38. The molecule has 6 heteroatoms. The van der Waals surface area contributed by atoms with Gasteiger partial charge in [0.1, 0.15) is 13.2 Å². The predicted octanol–water partition coefficient (Wildman–Crippen LogP) is 3.68. The van der Waals surface area contributed by atoms with E-state index < -0.39 is 0 Å². The smallest absolute Gasteiger partial charge is 0.260 e. The lowest BCUT2D eigenvalue weighted by Gasteiger charge is -2.26. The van der Waals surface area contributed by atoms with Crippen LogP contribution in [0.15, 0.2) is 28.7 Å². The van der Waals surface area contributed by atoms with Crippen molar-refractivity contribution in [1.82, 2.24) is 10.2 Å². The van der Waals surface area contributed by atoms with Crippen LogP contribution in [0, 0.1) is 5.92 Å². The zero-order valence-electron chi connectivity index (χ0n) is 13.8. The van der Waals surface area contributed by atoms with Gasteiger partial charge in [0.05, 0.1) is 6.10 Å². The molecule has 0 N–H and O–H groups in total. The fraction of sp³-hybridized carbons (Fsp3) is 0.556. The average Bonchev–Trinajstić information content (AvgIpc) is 3.09. The Hall–Kier alpha value is -2.08. The Kier molecular flexibility index (Phi) is 4.38. The van der Waals surface area contributed by atoms with Gasteiger partial charge in [-0.3, -0.25) is 0 Å². The molecular weight excluding hydrogens is 308 g/mol. The van der Waals surface area contributed by atoms with Gasteiger partial charge in [-0.15, -0.1) is 10.2 Å². The first-order chi connectivity index (χ1) is 11.8. The lowest BCUT2D eigenvalue weighted by Crippen LogP contribution is -2.22. The molecule has 1 aromatic heterocycles. The largest absolute Gasteiger partial charge is 0.485 e. The highest BCUT2D eigenvalue weighted by atomic mass is 16.6. The normalized spacial score (nSPS) is 26.3. The number of aromatic nitrogens is 2. The van der Waals surface area contributed by atoms with E-state index in [1.165, 1.54) is 12.8 Å². The monoisotopic (exact) mass is 330 g/mol. The summed E-state index contributed by atoms with van der Waals surface area (Å²) in [5.74, 6) is 3.09. The molecule has 1 aromatic carbocycles. The first-order valence-corrected chi connectivity index (χ1v) is 8.60. The summed E-state index contributed by atoms with van der Waals surface area (Å²) in [6, 6.07) is 7.57. The lowest BCUT2D eigenvalue weighted by atomic mass is 9.89. The number of nitrogens with zero attached hydrogens (tertiary/aromatic N) is 2. The summed E-state index contributed by atoms with van der Waals surface area (Å²) in [5.41, 5.74) is 0. The Morgan fingerprint density at radius 1 is 1.17 bits per heavy atom. The van der Waals surface area contributed by atoms with Crippen LogP contribution >= 0.6 is 0 Å². The van der Waals surface area contributed by atoms with Crippen molar-refractivity contribution in [3.8, 4) is 11.5 Å². The molecule has 2 aromatic rings. The highest BCUT2D eigenvalue weighted by molar-refractivity contribution is 5.40. The van der Waals surface area contributed by atoms with Gasteiger partial charge >= 0.3 is 0 Å². The third-order valence-corrected chi connectivity index (χ3v) is 4.60. The molecule has 0 spiro atoms. The molecule has 0 amide bonds. The van der Waals surface area contributed by atoms with Crippen LogP contribution in [0.5, 0.6) is 11.5 Å². The summed E-state index contributed by atoms with van der Waals surface area (Å²) < 4.78 is 23.2. The van der Waals surface area contributed by atoms with E-state index in [-0.39, 0.29) is 6.10 Å². The van der Waals surface area contributed by atoms with E-state index in [0.29, 0.717) is 36.8 Å². The number of ether oxygens (including phenoxy) is 3. The molecule has 4 rings (SSSR count). The van der Waals surface area contributed by atoms with E-state index in [2.05, 4.69) is 17.1 Å². The predicted molar refractivity (Wildman–Crippen MR) is 85.8 cm³/mol. The number of para-hydroxylation sites is 2. The highest BCUT2D eigenvalue weighted by Crippen LogP contribution is 2.35. The number of benzene rings is 1. The van der Waals surface area contributed by atoms with Crippen molar-refractivity contribution in [2.75, 3.05) is 6.61 Å². The SMILES string of the molecule is C[C@@H]1CCC[C@@H](OCc2nnc([C@H]3COc4ccccc4O3)o2)C1. The molecular formula is C18H22N2O4. The van der Waals surface area contributed by atoms with Crippen LogP contribution in [-0.2, 0) is 11.3 Å². The number of fused-ring (bicyclic) bond motifs is 1. The van der Waals surface area contributed by atoms with Crippen molar-refractivity contribution in [2.24, 2.45) is 5.92 Å². The Balaban J connectivity index is 1.35. The van der Waals surface area contributed by atoms with Crippen LogP contribution in [0.1, 0.15) is 50.5 Å². The molecule has 2 aliphatic rings. The summed E-state index contributed by atoms with van der Waals surface area (Å²) in [7, 11) is 0. The van der Waals surface area contributed by atoms with Crippen LogP contribution in [-0.4, -0.2) is 22.9 Å². The molecule has 2 heterocycles. The summed E-state index contributed by atoms with van der Waals surface area (Å²) in [6.07, 6.45) is 4.67. The summed E-state index contributed by atoms with van der Waals surface area (Å²) in [5, 5.41) is 8.16. The van der Waals surface area contributed by atoms with Gasteiger partial charge in [0.2, 0.25) is 12.0 Å². The Morgan fingerprint density at radius 2 is 2.04 bits per heavy atom. The van der Waals surface area contributed by atoms with Crippen LogP contribution in [0.25, 0.3) is 0 Å². The number of hydrogen-bond donors (Lipinski definition) is 0. The van der Waals surface area contributed by atoms with Crippen LogP contribution in [0.2, 0.25) is 0 Å². The van der Waals surface area contributed by atoms with Gasteiger partial charge in [0.25, 0.3) is 5.89 Å². The van der Waals surface area contributed by atoms with Gasteiger partial charge in [0.15, 0.2) is 11.5 Å². The zero-order chi connectivity index (χ0) is 16.4. The summed E-state index contributed by atoms with van der Waals surface area (Å²) in [4.78, 5) is 0. The molecule has 3 atom stereocenters. The van der Waals surface area contributed by atoms with E-state index in [1.807, 2.05) is 24.3 Å². The van der Waals surface area contributed by atoms with Gasteiger partial charge in [0, 0.05) is 0 Å². The van der Waals surface area contributed by atoms with Gasteiger partial charge in [-0.2, -0.15) is 0 Å². The van der Waals surface area contributed by atoms with Gasteiger partial charge < -0.3 is 18.6 Å². The van der Waals surface area contributed by atoms with Crippen LogP contribution in [0.4, 0.5) is 0 Å². The van der Waals surface area contributed by atoms with Crippen molar-refractivity contribution in [3.05, 3.63) is 36.0 Å². The highest BCUT2D eigenvalue weighted by Gasteiger charge is 2.27. The molecule has 0 bridgehead atoms. The minimum absolute atomic E-state index is 0.297. The van der Waals surface area contributed by atoms with Crippen LogP contribution in [0.3, 0.4) is 0 Å². The first kappa shape index (κ1) is 15.4. The summed E-state index contributed by atoms with van der Waals surface area (Å²) in [6.45, 7) is 2.99. The van der Waals surface area contributed by atoms with Crippen LogP contribution < -0.4 is 9.47 Å². The molecule has 0 unspecified atom stereocenters. The van der Waals surface area contributed by atoms with Gasteiger partial charge in [-0.1, -0.05) is 31.9 Å². The standard InChI is InChI=1S/C18H22N2O4/c1-12-5-4-6-13(9-12)21-11-17-19-20-18(24-17)16-10-22-14-7-2-3-8-15(14)23-16/h2-3,7-8,12-13,16H,4-6,9-11H2,1H3/t12-,13-,16-/m1/s1. The second-order valence-electron chi connectivity index (χ2n) is 6.60. The first-order valence-electron chi connectivity index (χ1n) is 8.60. The maximum absolute atomic E-state index is 5.93. The minimum Gasteiger partial charge on any atom is -0.485 e. The second-order valence-corrected chi connectivity index (χ2v) is 6.60. The molecule has 1 fully saturated rings. The average molecular weight is 330 g/mol. The Labute approximate surface area is 141 Å². The molecule has 0 saturated heterocycles. The van der Waals surface area contributed by atoms with Gasteiger partial charge in [-0.25, -0.2) is 0 Å². The van der Waals surface area contributed by atoms with E-state index in [4.69, 9.17) is 18.6 Å². The topological polar surface area (TPSA) is 66.6 Å². The van der Waals surface area contributed by atoms with Crippen molar-refractivity contribution in [2.45, 2.75) is 51.4 Å². The van der Waals surface area contributed by atoms with Crippen molar-refractivity contribution in [1.29, 1.82) is 0 Å². The van der Waals surface area contributed by atoms with Crippen molar-refractivity contribution >= 4 is 0 Å². The van der Waals surface area contributed by atoms with Gasteiger partial charge in [-0.05, 0) is 30.9 Å². The molecule has 6 nitrogen and oxygen atoms in total. The molecule has 1 aliphatic carbocycles.